The van der Waals surface area contributed by atoms with Gasteiger partial charge in [-0.2, -0.15) is 0 Å². The fraction of sp³-hybridized carbons (Fsp3) is 0.409. The quantitative estimate of drug-likeness (QED) is 0.680. The van der Waals surface area contributed by atoms with Gasteiger partial charge in [0.05, 0.1) is 0 Å². The maximum absolute atomic E-state index is 12.4. The van der Waals surface area contributed by atoms with Crippen molar-refractivity contribution in [1.29, 1.82) is 0 Å². The van der Waals surface area contributed by atoms with Crippen LogP contribution in [0.1, 0.15) is 30.4 Å². The van der Waals surface area contributed by atoms with Crippen LogP contribution in [0.2, 0.25) is 0 Å². The van der Waals surface area contributed by atoms with Gasteiger partial charge in [-0.15, -0.1) is 0 Å². The summed E-state index contributed by atoms with van der Waals surface area (Å²) < 4.78 is 1.11. The molecule has 0 spiro atoms. The highest BCUT2D eigenvalue weighted by Crippen LogP contribution is 2.20. The molecule has 0 saturated carbocycles. The number of carbonyl (C=O) groups excluding carboxylic acids is 1. The monoisotopic (exact) mass is 414 g/mol. The van der Waals surface area contributed by atoms with Crippen LogP contribution in [0.15, 0.2) is 59.1 Å². The summed E-state index contributed by atoms with van der Waals surface area (Å²) in [6.07, 6.45) is 3.94. The molecule has 1 aliphatic rings. The lowest BCUT2D eigenvalue weighted by Gasteiger charge is -2.31. The van der Waals surface area contributed by atoms with Gasteiger partial charge < -0.3 is 5.32 Å². The number of halogens is 1. The Hall–Kier alpha value is -1.65. The third kappa shape index (κ3) is 5.96. The number of hydrogen-bond donors (Lipinski definition) is 1. The molecule has 0 bridgehead atoms. The van der Waals surface area contributed by atoms with E-state index in [1.807, 2.05) is 6.07 Å². The number of benzene rings is 2. The number of nitrogens with zero attached hydrogens (tertiary/aromatic N) is 1. The Morgan fingerprint density at radius 3 is 2.38 bits per heavy atom. The Bertz CT molecular complexity index is 679. The van der Waals surface area contributed by atoms with Crippen molar-refractivity contribution in [3.63, 3.8) is 0 Å². The standard InChI is InChI=1S/C22H27BrN2O/c23-21-10-8-19(9-11-21)17-25-15-12-20(13-16-25)22(26)24-14-4-7-18-5-2-1-3-6-18/h1-3,5-6,8-11,20H,4,7,12-17H2,(H,24,26). The van der Waals surface area contributed by atoms with E-state index in [2.05, 4.69) is 74.7 Å². The molecule has 0 atom stereocenters. The molecular weight excluding hydrogens is 388 g/mol. The summed E-state index contributed by atoms with van der Waals surface area (Å²) in [6.45, 7) is 3.74. The van der Waals surface area contributed by atoms with Crippen LogP contribution < -0.4 is 5.32 Å². The molecule has 1 saturated heterocycles. The number of carbonyl (C=O) groups is 1. The normalized spacial score (nSPS) is 15.7. The van der Waals surface area contributed by atoms with Gasteiger partial charge in [-0.3, -0.25) is 9.69 Å². The van der Waals surface area contributed by atoms with Crippen molar-refractivity contribution in [2.45, 2.75) is 32.2 Å². The van der Waals surface area contributed by atoms with Crippen LogP contribution in [-0.2, 0) is 17.8 Å². The first-order valence-electron chi connectivity index (χ1n) is 9.49. The van der Waals surface area contributed by atoms with Gasteiger partial charge in [-0.25, -0.2) is 0 Å². The zero-order valence-corrected chi connectivity index (χ0v) is 16.7. The summed E-state index contributed by atoms with van der Waals surface area (Å²) >= 11 is 3.48. The minimum atomic E-state index is 0.174. The Kier molecular flexibility index (Phi) is 7.27. The zero-order chi connectivity index (χ0) is 18.2. The molecule has 1 amide bonds. The topological polar surface area (TPSA) is 32.3 Å². The zero-order valence-electron chi connectivity index (χ0n) is 15.2. The highest BCUT2D eigenvalue weighted by Gasteiger charge is 2.24. The van der Waals surface area contributed by atoms with E-state index in [1.54, 1.807) is 0 Å². The van der Waals surface area contributed by atoms with Crippen molar-refractivity contribution in [2.75, 3.05) is 19.6 Å². The van der Waals surface area contributed by atoms with Crippen molar-refractivity contribution < 1.29 is 4.79 Å². The second-order valence-electron chi connectivity index (χ2n) is 7.06. The number of piperidine rings is 1. The van der Waals surface area contributed by atoms with E-state index in [9.17, 15) is 4.79 Å². The molecule has 0 radical (unpaired) electrons. The Balaban J connectivity index is 1.33. The molecule has 0 aromatic heterocycles. The Morgan fingerprint density at radius 2 is 1.69 bits per heavy atom. The van der Waals surface area contributed by atoms with Crippen LogP contribution in [0.5, 0.6) is 0 Å². The third-order valence-corrected chi connectivity index (χ3v) is 5.59. The number of likely N-dealkylation sites (tertiary alicyclic amines) is 1. The lowest BCUT2D eigenvalue weighted by Crippen LogP contribution is -2.40. The molecule has 4 heteroatoms. The first kappa shape index (κ1) is 19.1. The molecule has 138 valence electrons. The molecule has 1 heterocycles. The molecule has 1 N–H and O–H groups in total. The molecular formula is C22H27BrN2O. The number of rotatable bonds is 7. The van der Waals surface area contributed by atoms with E-state index in [-0.39, 0.29) is 11.8 Å². The summed E-state index contributed by atoms with van der Waals surface area (Å²) in [6, 6.07) is 19.0. The SMILES string of the molecule is O=C(NCCCc1ccccc1)C1CCN(Cc2ccc(Br)cc2)CC1. The summed E-state index contributed by atoms with van der Waals surface area (Å²) in [5, 5.41) is 3.13. The van der Waals surface area contributed by atoms with E-state index in [4.69, 9.17) is 0 Å². The summed E-state index contributed by atoms with van der Waals surface area (Å²) in [5.74, 6) is 0.411. The van der Waals surface area contributed by atoms with Crippen LogP contribution in [0, 0.1) is 5.92 Å². The van der Waals surface area contributed by atoms with Crippen LogP contribution in [-0.4, -0.2) is 30.4 Å². The lowest BCUT2D eigenvalue weighted by molar-refractivity contribution is -0.126. The predicted molar refractivity (Wildman–Crippen MR) is 110 cm³/mol. The fourth-order valence-electron chi connectivity index (χ4n) is 3.49. The minimum Gasteiger partial charge on any atom is -0.356 e. The fourth-order valence-corrected chi connectivity index (χ4v) is 3.76. The van der Waals surface area contributed by atoms with Crippen LogP contribution in [0.3, 0.4) is 0 Å². The average molecular weight is 415 g/mol. The second-order valence-corrected chi connectivity index (χ2v) is 7.97. The summed E-state index contributed by atoms with van der Waals surface area (Å²) in [4.78, 5) is 14.8. The van der Waals surface area contributed by atoms with E-state index >= 15 is 0 Å². The number of amides is 1. The van der Waals surface area contributed by atoms with Crippen LogP contribution in [0.4, 0.5) is 0 Å². The number of hydrogen-bond acceptors (Lipinski definition) is 2. The highest BCUT2D eigenvalue weighted by atomic mass is 79.9. The molecule has 3 nitrogen and oxygen atoms in total. The maximum atomic E-state index is 12.4. The molecule has 2 aromatic rings. The number of aryl methyl sites for hydroxylation is 1. The second kappa shape index (κ2) is 9.89. The largest absolute Gasteiger partial charge is 0.356 e. The van der Waals surface area contributed by atoms with Crippen molar-refractivity contribution in [3.8, 4) is 0 Å². The van der Waals surface area contributed by atoms with E-state index in [0.29, 0.717) is 0 Å². The number of nitrogens with one attached hydrogen (secondary N) is 1. The maximum Gasteiger partial charge on any atom is 0.223 e. The van der Waals surface area contributed by atoms with E-state index in [0.717, 1.165) is 56.3 Å². The van der Waals surface area contributed by atoms with Gasteiger partial charge in [-0.1, -0.05) is 58.4 Å². The van der Waals surface area contributed by atoms with E-state index < -0.39 is 0 Å². The van der Waals surface area contributed by atoms with Crippen molar-refractivity contribution in [1.82, 2.24) is 10.2 Å². The van der Waals surface area contributed by atoms with E-state index in [1.165, 1.54) is 11.1 Å². The molecule has 0 aliphatic carbocycles. The van der Waals surface area contributed by atoms with Crippen LogP contribution in [0.25, 0.3) is 0 Å². The summed E-state index contributed by atoms with van der Waals surface area (Å²) in [7, 11) is 0. The molecule has 1 aliphatic heterocycles. The predicted octanol–water partition coefficient (Wildman–Crippen LogP) is 4.41. The van der Waals surface area contributed by atoms with Gasteiger partial charge in [-0.05, 0) is 62.0 Å². The molecule has 26 heavy (non-hydrogen) atoms. The first-order chi connectivity index (χ1) is 12.7. The van der Waals surface area contributed by atoms with Gasteiger partial charge in [0.2, 0.25) is 5.91 Å². The van der Waals surface area contributed by atoms with Crippen molar-refractivity contribution >= 4 is 21.8 Å². The van der Waals surface area contributed by atoms with Crippen LogP contribution >= 0.6 is 15.9 Å². The lowest BCUT2D eigenvalue weighted by atomic mass is 9.95. The van der Waals surface area contributed by atoms with Gasteiger partial charge >= 0.3 is 0 Å². The van der Waals surface area contributed by atoms with Gasteiger partial charge in [0.15, 0.2) is 0 Å². The molecule has 1 fully saturated rings. The third-order valence-electron chi connectivity index (χ3n) is 5.06. The van der Waals surface area contributed by atoms with Gasteiger partial charge in [0, 0.05) is 23.5 Å². The van der Waals surface area contributed by atoms with Gasteiger partial charge in [0.1, 0.15) is 0 Å². The molecule has 3 rings (SSSR count). The van der Waals surface area contributed by atoms with Gasteiger partial charge in [0.25, 0.3) is 0 Å². The Morgan fingerprint density at radius 1 is 1.00 bits per heavy atom. The summed E-state index contributed by atoms with van der Waals surface area (Å²) in [5.41, 5.74) is 2.67. The first-order valence-corrected chi connectivity index (χ1v) is 10.3. The Labute approximate surface area is 164 Å². The molecule has 2 aromatic carbocycles. The average Bonchev–Trinajstić information content (AvgIpc) is 2.68. The highest BCUT2D eigenvalue weighted by molar-refractivity contribution is 9.10. The molecule has 0 unspecified atom stereocenters. The minimum absolute atomic E-state index is 0.174. The van der Waals surface area contributed by atoms with Crippen molar-refractivity contribution in [2.24, 2.45) is 5.92 Å². The van der Waals surface area contributed by atoms with Crippen molar-refractivity contribution in [3.05, 3.63) is 70.2 Å². The smallest absolute Gasteiger partial charge is 0.223 e.